The van der Waals surface area contributed by atoms with Crippen LogP contribution in [0.25, 0.3) is 0 Å². The van der Waals surface area contributed by atoms with Crippen LogP contribution in [0.5, 0.6) is 0 Å². The molecule has 0 N–H and O–H groups in total. The van der Waals surface area contributed by atoms with E-state index < -0.39 is 0 Å². The molecule has 0 bridgehead atoms. The highest BCUT2D eigenvalue weighted by Gasteiger charge is 2.12. The van der Waals surface area contributed by atoms with Gasteiger partial charge in [-0.2, -0.15) is 0 Å². The minimum atomic E-state index is 0.423. The lowest BCUT2D eigenvalue weighted by Gasteiger charge is -2.13. The molecule has 0 spiro atoms. The number of aryl methyl sites for hydroxylation is 1. The van der Waals surface area contributed by atoms with Crippen molar-refractivity contribution in [3.05, 3.63) is 53.9 Å². The lowest BCUT2D eigenvalue weighted by atomic mass is 9.96. The van der Waals surface area contributed by atoms with Crippen LogP contribution >= 0.6 is 0 Å². The molecule has 1 atom stereocenters. The fraction of sp³-hybridized carbons (Fsp3) is 0.438. The van der Waals surface area contributed by atoms with Crippen molar-refractivity contribution in [3.63, 3.8) is 0 Å². The maximum Gasteiger partial charge on any atom is 0.0596 e. The van der Waals surface area contributed by atoms with Gasteiger partial charge in [0.2, 0.25) is 0 Å². The summed E-state index contributed by atoms with van der Waals surface area (Å²) >= 11 is 0. The second-order valence-electron chi connectivity index (χ2n) is 4.82. The number of pyridine rings is 1. The molecule has 3 nitrogen and oxygen atoms in total. The molecule has 0 saturated carbocycles. The minimum absolute atomic E-state index is 0.423. The standard InChI is InChI=1S/C16H21N3/c1-3-7-14-11-17-12-15(19-14)10-13(4-2)16-8-5-6-9-18-16/h5-6,8-9,11-13H,3-4,7,10H2,1-2H3. The molecular formula is C16H21N3. The van der Waals surface area contributed by atoms with Crippen LogP contribution in [0.4, 0.5) is 0 Å². The molecule has 19 heavy (non-hydrogen) atoms. The van der Waals surface area contributed by atoms with E-state index in [1.165, 1.54) is 0 Å². The Hall–Kier alpha value is -1.77. The maximum atomic E-state index is 4.69. The highest BCUT2D eigenvalue weighted by atomic mass is 14.8. The number of hydrogen-bond donors (Lipinski definition) is 0. The van der Waals surface area contributed by atoms with Crippen LogP contribution in [0, 0.1) is 0 Å². The third-order valence-corrected chi connectivity index (χ3v) is 3.29. The molecular weight excluding hydrogens is 234 g/mol. The van der Waals surface area contributed by atoms with Gasteiger partial charge < -0.3 is 0 Å². The van der Waals surface area contributed by atoms with Crippen LogP contribution in [0.2, 0.25) is 0 Å². The predicted molar refractivity (Wildman–Crippen MR) is 77.0 cm³/mol. The van der Waals surface area contributed by atoms with E-state index in [1.807, 2.05) is 30.7 Å². The molecule has 0 radical (unpaired) electrons. The first-order valence-corrected chi connectivity index (χ1v) is 7.04. The Labute approximate surface area is 115 Å². The summed E-state index contributed by atoms with van der Waals surface area (Å²) in [6.07, 6.45) is 9.70. The lowest BCUT2D eigenvalue weighted by Crippen LogP contribution is -2.07. The Bertz CT molecular complexity index is 496. The van der Waals surface area contributed by atoms with Gasteiger partial charge in [-0.25, -0.2) is 0 Å². The summed E-state index contributed by atoms with van der Waals surface area (Å²) in [7, 11) is 0. The van der Waals surface area contributed by atoms with Gasteiger partial charge in [-0.3, -0.25) is 15.0 Å². The molecule has 3 heteroatoms. The van der Waals surface area contributed by atoms with Crippen molar-refractivity contribution in [1.29, 1.82) is 0 Å². The largest absolute Gasteiger partial charge is 0.261 e. The Morgan fingerprint density at radius 1 is 1.11 bits per heavy atom. The van der Waals surface area contributed by atoms with Crippen molar-refractivity contribution in [2.45, 2.75) is 45.4 Å². The fourth-order valence-electron chi connectivity index (χ4n) is 2.25. The van der Waals surface area contributed by atoms with Crippen LogP contribution in [0.1, 0.15) is 49.7 Å². The van der Waals surface area contributed by atoms with Gasteiger partial charge in [0.15, 0.2) is 0 Å². The molecule has 0 amide bonds. The highest BCUT2D eigenvalue weighted by Crippen LogP contribution is 2.21. The molecule has 2 heterocycles. The van der Waals surface area contributed by atoms with Crippen molar-refractivity contribution in [2.24, 2.45) is 0 Å². The zero-order valence-corrected chi connectivity index (χ0v) is 11.7. The smallest absolute Gasteiger partial charge is 0.0596 e. The van der Waals surface area contributed by atoms with Gasteiger partial charge in [0.25, 0.3) is 0 Å². The quantitative estimate of drug-likeness (QED) is 0.792. The van der Waals surface area contributed by atoms with Gasteiger partial charge in [0.1, 0.15) is 0 Å². The van der Waals surface area contributed by atoms with Gasteiger partial charge in [0, 0.05) is 30.2 Å². The number of aromatic nitrogens is 3. The predicted octanol–water partition coefficient (Wildman–Crippen LogP) is 3.56. The third kappa shape index (κ3) is 3.85. The Morgan fingerprint density at radius 2 is 1.95 bits per heavy atom. The topological polar surface area (TPSA) is 38.7 Å². The molecule has 1 unspecified atom stereocenters. The normalized spacial score (nSPS) is 12.3. The van der Waals surface area contributed by atoms with Gasteiger partial charge in [-0.05, 0) is 31.4 Å². The minimum Gasteiger partial charge on any atom is -0.261 e. The SMILES string of the molecule is CCCc1cncc(CC(CC)c2ccccn2)n1. The van der Waals surface area contributed by atoms with Crippen LogP contribution in [-0.2, 0) is 12.8 Å². The lowest BCUT2D eigenvalue weighted by molar-refractivity contribution is 0.626. The van der Waals surface area contributed by atoms with E-state index in [4.69, 9.17) is 0 Å². The van der Waals surface area contributed by atoms with Crippen LogP contribution in [-0.4, -0.2) is 15.0 Å². The molecule has 0 aliphatic carbocycles. The van der Waals surface area contributed by atoms with E-state index in [0.717, 1.165) is 42.8 Å². The first-order valence-electron chi connectivity index (χ1n) is 7.04. The molecule has 0 aliphatic heterocycles. The monoisotopic (exact) mass is 255 g/mol. The molecule has 100 valence electrons. The van der Waals surface area contributed by atoms with Crippen LogP contribution in [0.15, 0.2) is 36.8 Å². The van der Waals surface area contributed by atoms with E-state index in [2.05, 4.69) is 34.9 Å². The van der Waals surface area contributed by atoms with E-state index in [0.29, 0.717) is 5.92 Å². The second-order valence-corrected chi connectivity index (χ2v) is 4.82. The zero-order valence-electron chi connectivity index (χ0n) is 11.7. The van der Waals surface area contributed by atoms with E-state index in [-0.39, 0.29) is 0 Å². The first-order chi connectivity index (χ1) is 9.33. The van der Waals surface area contributed by atoms with Crippen LogP contribution in [0.3, 0.4) is 0 Å². The summed E-state index contributed by atoms with van der Waals surface area (Å²) < 4.78 is 0. The number of hydrogen-bond acceptors (Lipinski definition) is 3. The van der Waals surface area contributed by atoms with Gasteiger partial charge in [0.05, 0.1) is 11.4 Å². The van der Waals surface area contributed by atoms with Crippen molar-refractivity contribution in [1.82, 2.24) is 15.0 Å². The van der Waals surface area contributed by atoms with Crippen molar-refractivity contribution < 1.29 is 0 Å². The summed E-state index contributed by atoms with van der Waals surface area (Å²) in [6.45, 7) is 4.36. The van der Waals surface area contributed by atoms with Gasteiger partial charge >= 0.3 is 0 Å². The Balaban J connectivity index is 2.12. The molecule has 0 aliphatic rings. The third-order valence-electron chi connectivity index (χ3n) is 3.29. The summed E-state index contributed by atoms with van der Waals surface area (Å²) in [5.41, 5.74) is 3.31. The number of rotatable bonds is 6. The number of nitrogens with zero attached hydrogens (tertiary/aromatic N) is 3. The van der Waals surface area contributed by atoms with E-state index in [1.54, 1.807) is 0 Å². The van der Waals surface area contributed by atoms with Gasteiger partial charge in [-0.1, -0.05) is 26.3 Å². The van der Waals surface area contributed by atoms with Crippen LogP contribution < -0.4 is 0 Å². The van der Waals surface area contributed by atoms with Crippen molar-refractivity contribution in [2.75, 3.05) is 0 Å². The van der Waals surface area contributed by atoms with Crippen molar-refractivity contribution in [3.8, 4) is 0 Å². The summed E-state index contributed by atoms with van der Waals surface area (Å²) in [4.78, 5) is 13.4. The molecule has 2 aromatic heterocycles. The van der Waals surface area contributed by atoms with E-state index >= 15 is 0 Å². The van der Waals surface area contributed by atoms with E-state index in [9.17, 15) is 0 Å². The fourth-order valence-corrected chi connectivity index (χ4v) is 2.25. The zero-order chi connectivity index (χ0) is 13.5. The van der Waals surface area contributed by atoms with Crippen molar-refractivity contribution >= 4 is 0 Å². The summed E-state index contributed by atoms with van der Waals surface area (Å²) in [5.74, 6) is 0.423. The molecule has 0 aromatic carbocycles. The van der Waals surface area contributed by atoms with Gasteiger partial charge in [-0.15, -0.1) is 0 Å². The summed E-state index contributed by atoms with van der Waals surface area (Å²) in [6, 6.07) is 6.10. The average molecular weight is 255 g/mol. The summed E-state index contributed by atoms with van der Waals surface area (Å²) in [5, 5.41) is 0. The Kier molecular flexibility index (Phi) is 5.01. The Morgan fingerprint density at radius 3 is 2.63 bits per heavy atom. The average Bonchev–Trinajstić information content (AvgIpc) is 2.46. The maximum absolute atomic E-state index is 4.69. The molecule has 2 rings (SSSR count). The second kappa shape index (κ2) is 6.98. The molecule has 0 saturated heterocycles. The molecule has 2 aromatic rings. The highest BCUT2D eigenvalue weighted by molar-refractivity contribution is 5.13. The first kappa shape index (κ1) is 13.7. The molecule has 0 fully saturated rings.